The van der Waals surface area contributed by atoms with Crippen molar-refractivity contribution in [3.05, 3.63) is 35.9 Å². The molecule has 2 amide bonds. The molecule has 6 nitrogen and oxygen atoms in total. The lowest BCUT2D eigenvalue weighted by Crippen LogP contribution is -2.52. The van der Waals surface area contributed by atoms with Crippen LogP contribution in [0.1, 0.15) is 18.4 Å². The molecule has 1 aliphatic heterocycles. The highest BCUT2D eigenvalue weighted by Gasteiger charge is 2.28. The first-order chi connectivity index (χ1) is 11.2. The Balaban J connectivity index is 1.89. The summed E-state index contributed by atoms with van der Waals surface area (Å²) in [5.41, 5.74) is 6.79. The van der Waals surface area contributed by atoms with Crippen LogP contribution in [0.25, 0.3) is 0 Å². The molecule has 1 atom stereocenters. The van der Waals surface area contributed by atoms with Gasteiger partial charge in [0.25, 0.3) is 0 Å². The maximum atomic E-state index is 12.7. The molecule has 1 heterocycles. The fourth-order valence-electron chi connectivity index (χ4n) is 2.87. The van der Waals surface area contributed by atoms with Crippen molar-refractivity contribution in [2.24, 2.45) is 5.73 Å². The Morgan fingerprint density at radius 2 is 1.83 bits per heavy atom. The fraction of sp³-hybridized carbons (Fsp3) is 0.529. The number of nitrogens with two attached hydrogens (primary N) is 1. The van der Waals surface area contributed by atoms with Crippen molar-refractivity contribution < 1.29 is 9.59 Å². The zero-order chi connectivity index (χ0) is 16.7. The molecule has 1 saturated heterocycles. The lowest BCUT2D eigenvalue weighted by atomic mass is 9.97. The highest BCUT2D eigenvalue weighted by Crippen LogP contribution is 2.18. The Bertz CT molecular complexity index is 513. The van der Waals surface area contributed by atoms with Gasteiger partial charge in [0.05, 0.1) is 12.5 Å². The summed E-state index contributed by atoms with van der Waals surface area (Å²) in [6, 6.07) is 9.67. The summed E-state index contributed by atoms with van der Waals surface area (Å²) in [6.45, 7) is 5.97. The van der Waals surface area contributed by atoms with Crippen molar-refractivity contribution in [2.75, 3.05) is 45.8 Å². The highest BCUT2D eigenvalue weighted by atomic mass is 16.2. The maximum Gasteiger partial charge on any atom is 0.234 e. The third-order valence-corrected chi connectivity index (χ3v) is 4.16. The number of hydrogen-bond donors (Lipinski definition) is 2. The van der Waals surface area contributed by atoms with E-state index in [1.807, 2.05) is 42.2 Å². The SMILES string of the molecule is CCNC(=O)CN1CCN(C(=O)C(CN)c2ccccc2)CC1. The first kappa shape index (κ1) is 17.4. The Hall–Kier alpha value is -1.92. The third-order valence-electron chi connectivity index (χ3n) is 4.16. The van der Waals surface area contributed by atoms with Crippen LogP contribution >= 0.6 is 0 Å². The average Bonchev–Trinajstić information content (AvgIpc) is 2.57. The standard InChI is InChI=1S/C17H26N4O2/c1-2-19-16(22)13-20-8-10-21(11-9-20)17(23)15(12-18)14-6-4-3-5-7-14/h3-7,15H,2,8-13,18H2,1H3,(H,19,22). The molecule has 1 unspecified atom stereocenters. The molecule has 2 rings (SSSR count). The summed E-state index contributed by atoms with van der Waals surface area (Å²) < 4.78 is 0. The number of nitrogens with one attached hydrogen (secondary N) is 1. The third kappa shape index (κ3) is 4.77. The van der Waals surface area contributed by atoms with Gasteiger partial charge in [-0.05, 0) is 12.5 Å². The summed E-state index contributed by atoms with van der Waals surface area (Å²) in [5.74, 6) is -0.168. The van der Waals surface area contributed by atoms with Gasteiger partial charge in [0.2, 0.25) is 11.8 Å². The number of hydrogen-bond acceptors (Lipinski definition) is 4. The Morgan fingerprint density at radius 1 is 1.17 bits per heavy atom. The summed E-state index contributed by atoms with van der Waals surface area (Å²) in [5, 5.41) is 2.80. The second-order valence-electron chi connectivity index (χ2n) is 5.75. The highest BCUT2D eigenvalue weighted by molar-refractivity contribution is 5.84. The van der Waals surface area contributed by atoms with Crippen LogP contribution in [0.15, 0.2) is 30.3 Å². The summed E-state index contributed by atoms with van der Waals surface area (Å²) in [7, 11) is 0. The van der Waals surface area contributed by atoms with Gasteiger partial charge in [-0.2, -0.15) is 0 Å². The largest absolute Gasteiger partial charge is 0.355 e. The lowest BCUT2D eigenvalue weighted by molar-refractivity contribution is -0.134. The molecule has 23 heavy (non-hydrogen) atoms. The molecular weight excluding hydrogens is 292 g/mol. The lowest BCUT2D eigenvalue weighted by Gasteiger charge is -2.36. The van der Waals surface area contributed by atoms with E-state index in [0.29, 0.717) is 32.7 Å². The van der Waals surface area contributed by atoms with E-state index in [9.17, 15) is 9.59 Å². The number of likely N-dealkylation sites (N-methyl/N-ethyl adjacent to an activating group) is 1. The first-order valence-corrected chi connectivity index (χ1v) is 8.18. The molecule has 0 saturated carbocycles. The minimum Gasteiger partial charge on any atom is -0.355 e. The van der Waals surface area contributed by atoms with Gasteiger partial charge < -0.3 is 16.0 Å². The molecule has 0 aliphatic carbocycles. The van der Waals surface area contributed by atoms with E-state index >= 15 is 0 Å². The number of rotatable bonds is 6. The van der Waals surface area contributed by atoms with Crippen molar-refractivity contribution >= 4 is 11.8 Å². The Kier molecular flexibility index (Phi) is 6.55. The van der Waals surface area contributed by atoms with Gasteiger partial charge in [-0.15, -0.1) is 0 Å². The molecule has 1 fully saturated rings. The number of carbonyl (C=O) groups excluding carboxylic acids is 2. The number of nitrogens with zero attached hydrogens (tertiary/aromatic N) is 2. The summed E-state index contributed by atoms with van der Waals surface area (Å²) in [6.07, 6.45) is 0. The number of carbonyl (C=O) groups is 2. The van der Waals surface area contributed by atoms with Gasteiger partial charge in [0.1, 0.15) is 0 Å². The van der Waals surface area contributed by atoms with Crippen LogP contribution in [0.3, 0.4) is 0 Å². The number of benzene rings is 1. The molecule has 1 aromatic rings. The van der Waals surface area contributed by atoms with Crippen LogP contribution in [0, 0.1) is 0 Å². The normalized spacial score (nSPS) is 16.9. The van der Waals surface area contributed by atoms with Crippen LogP contribution in [0.2, 0.25) is 0 Å². The van der Waals surface area contributed by atoms with Crippen LogP contribution in [0.5, 0.6) is 0 Å². The van der Waals surface area contributed by atoms with Crippen LogP contribution in [-0.2, 0) is 9.59 Å². The van der Waals surface area contributed by atoms with Gasteiger partial charge in [0.15, 0.2) is 0 Å². The van der Waals surface area contributed by atoms with Crippen molar-refractivity contribution in [1.29, 1.82) is 0 Å². The fourth-order valence-corrected chi connectivity index (χ4v) is 2.87. The molecular formula is C17H26N4O2. The van der Waals surface area contributed by atoms with E-state index in [1.165, 1.54) is 0 Å². The number of amides is 2. The molecule has 0 bridgehead atoms. The molecule has 0 aromatic heterocycles. The molecule has 3 N–H and O–H groups in total. The molecule has 0 spiro atoms. The van der Waals surface area contributed by atoms with Gasteiger partial charge >= 0.3 is 0 Å². The predicted octanol–water partition coefficient (Wildman–Crippen LogP) is 0.00920. The van der Waals surface area contributed by atoms with Crippen molar-refractivity contribution in [1.82, 2.24) is 15.1 Å². The Morgan fingerprint density at radius 3 is 2.39 bits per heavy atom. The number of piperazine rings is 1. The zero-order valence-electron chi connectivity index (χ0n) is 13.7. The molecule has 6 heteroatoms. The quantitative estimate of drug-likeness (QED) is 0.774. The molecule has 1 aliphatic rings. The summed E-state index contributed by atoms with van der Waals surface area (Å²) in [4.78, 5) is 28.3. The van der Waals surface area contributed by atoms with E-state index in [0.717, 1.165) is 18.7 Å². The predicted molar refractivity (Wildman–Crippen MR) is 89.9 cm³/mol. The smallest absolute Gasteiger partial charge is 0.234 e. The molecule has 126 valence electrons. The Labute approximate surface area is 137 Å². The van der Waals surface area contributed by atoms with Gasteiger partial charge in [-0.3, -0.25) is 14.5 Å². The van der Waals surface area contributed by atoms with Crippen LogP contribution in [-0.4, -0.2) is 67.4 Å². The monoisotopic (exact) mass is 318 g/mol. The van der Waals surface area contributed by atoms with Crippen molar-refractivity contribution in [2.45, 2.75) is 12.8 Å². The minimum absolute atomic E-state index is 0.0383. The van der Waals surface area contributed by atoms with E-state index in [1.54, 1.807) is 0 Å². The zero-order valence-corrected chi connectivity index (χ0v) is 13.7. The average molecular weight is 318 g/mol. The minimum atomic E-state index is -0.286. The topological polar surface area (TPSA) is 78.7 Å². The van der Waals surface area contributed by atoms with E-state index in [4.69, 9.17) is 5.73 Å². The maximum absolute atomic E-state index is 12.7. The van der Waals surface area contributed by atoms with Crippen molar-refractivity contribution in [3.63, 3.8) is 0 Å². The van der Waals surface area contributed by atoms with E-state index in [2.05, 4.69) is 10.2 Å². The van der Waals surface area contributed by atoms with Gasteiger partial charge in [0, 0.05) is 39.3 Å². The van der Waals surface area contributed by atoms with Crippen molar-refractivity contribution in [3.8, 4) is 0 Å². The second-order valence-corrected chi connectivity index (χ2v) is 5.75. The summed E-state index contributed by atoms with van der Waals surface area (Å²) >= 11 is 0. The molecule has 0 radical (unpaired) electrons. The first-order valence-electron chi connectivity index (χ1n) is 8.18. The van der Waals surface area contributed by atoms with Crippen LogP contribution < -0.4 is 11.1 Å². The van der Waals surface area contributed by atoms with E-state index < -0.39 is 0 Å². The van der Waals surface area contributed by atoms with Gasteiger partial charge in [-0.25, -0.2) is 0 Å². The second kappa shape index (κ2) is 8.64. The molecule has 1 aromatic carbocycles. The van der Waals surface area contributed by atoms with Crippen LogP contribution in [0.4, 0.5) is 0 Å². The van der Waals surface area contributed by atoms with Gasteiger partial charge in [-0.1, -0.05) is 30.3 Å². The van der Waals surface area contributed by atoms with E-state index in [-0.39, 0.29) is 17.7 Å².